The van der Waals surface area contributed by atoms with Crippen LogP contribution in [-0.2, 0) is 6.42 Å². The minimum Gasteiger partial charge on any atom is -0.392 e. The van der Waals surface area contributed by atoms with Gasteiger partial charge in [0.25, 0.3) is 5.91 Å². The number of aromatic nitrogens is 1. The van der Waals surface area contributed by atoms with Crippen molar-refractivity contribution in [2.75, 3.05) is 5.32 Å². The maximum atomic E-state index is 12.9. The molecule has 6 atom stereocenters. The highest BCUT2D eigenvalue weighted by Crippen LogP contribution is 2.64. The van der Waals surface area contributed by atoms with E-state index in [1.165, 1.54) is 0 Å². The van der Waals surface area contributed by atoms with E-state index in [0.29, 0.717) is 30.2 Å². The third-order valence-corrected chi connectivity index (χ3v) is 8.72. The van der Waals surface area contributed by atoms with Gasteiger partial charge < -0.3 is 15.5 Å². The van der Waals surface area contributed by atoms with Crippen LogP contribution in [0.25, 0.3) is 0 Å². The van der Waals surface area contributed by atoms with Gasteiger partial charge >= 0.3 is 0 Å². The van der Waals surface area contributed by atoms with Gasteiger partial charge in [-0.1, -0.05) is 18.9 Å². The van der Waals surface area contributed by atoms with E-state index in [1.54, 1.807) is 25.4 Å². The monoisotopic (exact) mass is 444 g/mol. The maximum absolute atomic E-state index is 12.9. The molecule has 172 valence electrons. The van der Waals surface area contributed by atoms with E-state index in [0.717, 1.165) is 41.6 Å². The molecule has 1 aromatic carbocycles. The first-order chi connectivity index (χ1) is 15.8. The number of anilines is 1. The summed E-state index contributed by atoms with van der Waals surface area (Å²) in [4.78, 5) is 17.0. The number of aliphatic hydroxyl groups excluding tert-OH is 1. The number of carbonyl (C=O) groups excluding carboxylic acids is 1. The summed E-state index contributed by atoms with van der Waals surface area (Å²) in [5.41, 5.74) is 3.21. The molecule has 2 saturated carbocycles. The molecule has 3 aliphatic rings. The highest BCUT2D eigenvalue weighted by atomic mass is 16.3. The van der Waals surface area contributed by atoms with Crippen molar-refractivity contribution in [2.45, 2.75) is 70.5 Å². The van der Waals surface area contributed by atoms with Gasteiger partial charge in [-0.2, -0.15) is 0 Å². The lowest BCUT2D eigenvalue weighted by Gasteiger charge is -2.54. The van der Waals surface area contributed by atoms with Crippen molar-refractivity contribution >= 4 is 11.6 Å². The fraction of sp³-hybridized carbons (Fsp3) is 0.500. The number of nitrogens with one attached hydrogen (secondary N) is 1. The fourth-order valence-electron chi connectivity index (χ4n) is 7.03. The number of rotatable bonds is 2. The van der Waals surface area contributed by atoms with Gasteiger partial charge in [-0.05, 0) is 92.7 Å². The lowest BCUT2D eigenvalue weighted by atomic mass is 9.52. The van der Waals surface area contributed by atoms with Crippen LogP contribution in [0.2, 0.25) is 0 Å². The average molecular weight is 445 g/mol. The Hall–Kier alpha value is -2.68. The predicted molar refractivity (Wildman–Crippen MR) is 128 cm³/mol. The van der Waals surface area contributed by atoms with Gasteiger partial charge in [0, 0.05) is 35.0 Å². The molecule has 2 aromatic rings. The lowest BCUT2D eigenvalue weighted by molar-refractivity contribution is -0.107. The minimum absolute atomic E-state index is 0.0447. The summed E-state index contributed by atoms with van der Waals surface area (Å²) >= 11 is 0. The van der Waals surface area contributed by atoms with E-state index in [2.05, 4.69) is 29.1 Å². The Morgan fingerprint density at radius 2 is 2.09 bits per heavy atom. The van der Waals surface area contributed by atoms with Crippen LogP contribution in [0.3, 0.4) is 0 Å². The number of hydrogen-bond donors (Lipinski definition) is 3. The summed E-state index contributed by atoms with van der Waals surface area (Å²) in [5.74, 6) is 6.57. The predicted octanol–water partition coefficient (Wildman–Crippen LogP) is 4.22. The van der Waals surface area contributed by atoms with Crippen molar-refractivity contribution in [3.05, 3.63) is 58.9 Å². The van der Waals surface area contributed by atoms with E-state index in [-0.39, 0.29) is 11.8 Å². The van der Waals surface area contributed by atoms with Gasteiger partial charge in [-0.15, -0.1) is 5.92 Å². The second kappa shape index (κ2) is 7.97. The van der Waals surface area contributed by atoms with Crippen LogP contribution < -0.4 is 5.32 Å². The Morgan fingerprint density at radius 3 is 2.85 bits per heavy atom. The lowest BCUT2D eigenvalue weighted by Crippen LogP contribution is -2.54. The summed E-state index contributed by atoms with van der Waals surface area (Å²) in [6, 6.07) is 7.71. The van der Waals surface area contributed by atoms with Gasteiger partial charge in [-0.3, -0.25) is 9.78 Å². The number of pyridine rings is 1. The van der Waals surface area contributed by atoms with Crippen LogP contribution in [0.15, 0.2) is 36.7 Å². The van der Waals surface area contributed by atoms with E-state index >= 15 is 0 Å². The third kappa shape index (κ3) is 3.39. The molecule has 1 amide bonds. The molecule has 0 unspecified atom stereocenters. The molecule has 5 rings (SSSR count). The van der Waals surface area contributed by atoms with E-state index < -0.39 is 17.1 Å². The van der Waals surface area contributed by atoms with Crippen LogP contribution in [0.1, 0.15) is 72.5 Å². The molecule has 0 bridgehead atoms. The van der Waals surface area contributed by atoms with Crippen LogP contribution in [0, 0.1) is 36.0 Å². The van der Waals surface area contributed by atoms with Gasteiger partial charge in [0.2, 0.25) is 0 Å². The number of nitrogens with zero attached hydrogens (tertiary/aromatic N) is 1. The Bertz CT molecular complexity index is 1170. The zero-order valence-electron chi connectivity index (χ0n) is 19.6. The number of aryl methyl sites for hydroxylation is 2. The van der Waals surface area contributed by atoms with Crippen LogP contribution in [0.5, 0.6) is 0 Å². The summed E-state index contributed by atoms with van der Waals surface area (Å²) in [6.07, 6.45) is 6.87. The second-order valence-corrected chi connectivity index (χ2v) is 10.4. The zero-order valence-corrected chi connectivity index (χ0v) is 19.6. The number of carbonyl (C=O) groups is 1. The largest absolute Gasteiger partial charge is 0.392 e. The van der Waals surface area contributed by atoms with Crippen LogP contribution in [-0.4, -0.2) is 32.8 Å². The van der Waals surface area contributed by atoms with Crippen molar-refractivity contribution in [1.29, 1.82) is 0 Å². The van der Waals surface area contributed by atoms with Crippen molar-refractivity contribution in [3.63, 3.8) is 0 Å². The Morgan fingerprint density at radius 1 is 1.27 bits per heavy atom. The molecule has 1 heterocycles. The molecule has 0 aliphatic heterocycles. The van der Waals surface area contributed by atoms with Crippen LogP contribution in [0.4, 0.5) is 5.69 Å². The number of amides is 1. The normalized spacial score (nSPS) is 34.3. The third-order valence-electron chi connectivity index (χ3n) is 8.72. The molecule has 33 heavy (non-hydrogen) atoms. The quantitative estimate of drug-likeness (QED) is 0.606. The Labute approximate surface area is 195 Å². The molecule has 5 heteroatoms. The van der Waals surface area contributed by atoms with Gasteiger partial charge in [0.05, 0.1) is 6.10 Å². The molecular formula is C28H32N2O3. The Balaban J connectivity index is 1.42. The molecule has 0 spiro atoms. The molecule has 3 aliphatic carbocycles. The standard InChI is InChI=1S/C28H32N2O3/c1-4-11-28(33)12-9-22-21-8-5-18-14-19(26(32)30-23-10-13-29-16-17(23)2)6-7-20(18)25(21)24(31)15-27(22,28)3/h6-7,10,13-14,16,21-22,24-25,31,33H,5,8-9,12,15H2,1-3H3,(H,29,30,32)/t21-,22-,24-,25+,27-,28-/m0/s1. The second-order valence-electron chi connectivity index (χ2n) is 10.4. The molecular weight excluding hydrogens is 412 g/mol. The first-order valence-electron chi connectivity index (χ1n) is 12.0. The molecule has 3 N–H and O–H groups in total. The molecule has 5 nitrogen and oxygen atoms in total. The topological polar surface area (TPSA) is 82.5 Å². The average Bonchev–Trinajstić information content (AvgIpc) is 3.05. The highest BCUT2D eigenvalue weighted by molar-refractivity contribution is 6.04. The molecule has 0 saturated heterocycles. The number of hydrogen-bond acceptors (Lipinski definition) is 4. The van der Waals surface area contributed by atoms with Gasteiger partial charge in [-0.25, -0.2) is 0 Å². The summed E-state index contributed by atoms with van der Waals surface area (Å²) < 4.78 is 0. The van der Waals surface area contributed by atoms with Crippen molar-refractivity contribution < 1.29 is 15.0 Å². The summed E-state index contributed by atoms with van der Waals surface area (Å²) in [7, 11) is 0. The van der Waals surface area contributed by atoms with Crippen molar-refractivity contribution in [2.24, 2.45) is 17.3 Å². The van der Waals surface area contributed by atoms with Crippen LogP contribution >= 0.6 is 0 Å². The zero-order chi connectivity index (χ0) is 23.4. The van der Waals surface area contributed by atoms with Gasteiger partial charge in [0.15, 0.2) is 0 Å². The Kier molecular flexibility index (Phi) is 5.34. The highest BCUT2D eigenvalue weighted by Gasteiger charge is 2.63. The van der Waals surface area contributed by atoms with Gasteiger partial charge in [0.1, 0.15) is 5.60 Å². The smallest absolute Gasteiger partial charge is 0.255 e. The van der Waals surface area contributed by atoms with Crippen molar-refractivity contribution in [3.8, 4) is 11.8 Å². The number of fused-ring (bicyclic) bond motifs is 5. The molecule has 2 fully saturated rings. The maximum Gasteiger partial charge on any atom is 0.255 e. The SMILES string of the molecule is CC#C[C@]1(O)CC[C@H]2[C@@H]3CCc4cc(C(=O)Nc5ccncc5C)ccc4[C@H]3[C@@H](O)C[C@@]21C. The summed E-state index contributed by atoms with van der Waals surface area (Å²) in [5, 5.41) is 25.7. The number of benzene rings is 1. The summed E-state index contributed by atoms with van der Waals surface area (Å²) in [6.45, 7) is 5.82. The number of aliphatic hydroxyl groups is 2. The van der Waals surface area contributed by atoms with E-state index in [1.807, 2.05) is 25.1 Å². The van der Waals surface area contributed by atoms with Crippen molar-refractivity contribution in [1.82, 2.24) is 4.98 Å². The fourth-order valence-corrected chi connectivity index (χ4v) is 7.03. The molecule has 1 aromatic heterocycles. The first kappa shape index (κ1) is 22.1. The van der Waals surface area contributed by atoms with E-state index in [9.17, 15) is 15.0 Å². The van der Waals surface area contributed by atoms with E-state index in [4.69, 9.17) is 0 Å². The molecule has 0 radical (unpaired) electrons. The minimum atomic E-state index is -1.02. The first-order valence-corrected chi connectivity index (χ1v) is 12.0.